The van der Waals surface area contributed by atoms with Crippen LogP contribution in [0, 0.1) is 0 Å². The monoisotopic (exact) mass is 345 g/mol. The second kappa shape index (κ2) is 10.7. The Kier molecular flexibility index (Phi) is 9.76. The van der Waals surface area contributed by atoms with Gasteiger partial charge in [-0.15, -0.1) is 12.4 Å². The van der Waals surface area contributed by atoms with E-state index >= 15 is 0 Å². The van der Waals surface area contributed by atoms with Gasteiger partial charge in [0, 0.05) is 13.1 Å². The number of carbonyl (C=O) groups is 2. The summed E-state index contributed by atoms with van der Waals surface area (Å²) in [6.07, 6.45) is 0. The van der Waals surface area contributed by atoms with Crippen LogP contribution in [-0.4, -0.2) is 38.1 Å². The number of benzene rings is 1. The molecular weight excluding hydrogens is 322 g/mol. The molecule has 1 aromatic rings. The van der Waals surface area contributed by atoms with Crippen LogP contribution in [0.4, 0.5) is 0 Å². The summed E-state index contributed by atoms with van der Waals surface area (Å²) in [5, 5.41) is 5.36. The van der Waals surface area contributed by atoms with E-state index in [9.17, 15) is 9.59 Å². The number of hydrogen-bond acceptors (Lipinski definition) is 5. The van der Waals surface area contributed by atoms with Crippen molar-refractivity contribution in [3.05, 3.63) is 23.8 Å². The van der Waals surface area contributed by atoms with Crippen molar-refractivity contribution >= 4 is 24.2 Å². The van der Waals surface area contributed by atoms with Gasteiger partial charge < -0.3 is 25.8 Å². The molecule has 0 aliphatic carbocycles. The van der Waals surface area contributed by atoms with Crippen LogP contribution < -0.4 is 25.8 Å². The molecule has 0 radical (unpaired) electrons. The summed E-state index contributed by atoms with van der Waals surface area (Å²) in [6.45, 7) is 4.27. The lowest BCUT2D eigenvalue weighted by molar-refractivity contribution is -0.123. The van der Waals surface area contributed by atoms with E-state index in [1.807, 2.05) is 6.92 Å². The highest BCUT2D eigenvalue weighted by Gasteiger charge is 2.10. The topological polar surface area (TPSA) is 103 Å². The number of hydrogen-bond donors (Lipinski definition) is 3. The van der Waals surface area contributed by atoms with Crippen LogP contribution in [0.1, 0.15) is 19.4 Å². The third kappa shape index (κ3) is 7.21. The highest BCUT2D eigenvalue weighted by atomic mass is 35.5. The van der Waals surface area contributed by atoms with E-state index in [1.54, 1.807) is 25.1 Å². The molecule has 0 saturated heterocycles. The lowest BCUT2D eigenvalue weighted by Gasteiger charge is -2.13. The highest BCUT2D eigenvalue weighted by Crippen LogP contribution is 2.27. The number of amides is 2. The maximum Gasteiger partial charge on any atom is 0.257 e. The van der Waals surface area contributed by atoms with E-state index in [0.29, 0.717) is 24.6 Å². The van der Waals surface area contributed by atoms with Gasteiger partial charge in [-0.1, -0.05) is 6.07 Å². The Bertz CT molecular complexity index is 523. The first kappa shape index (κ1) is 21.0. The first-order chi connectivity index (χ1) is 10.5. The number of carbonyl (C=O) groups excluding carboxylic acids is 2. The van der Waals surface area contributed by atoms with E-state index in [-0.39, 0.29) is 30.8 Å². The third-order valence-electron chi connectivity index (χ3n) is 2.84. The Balaban J connectivity index is 0.00000484. The van der Waals surface area contributed by atoms with Crippen molar-refractivity contribution < 1.29 is 19.1 Å². The maximum absolute atomic E-state index is 11.4. The molecule has 0 fully saturated rings. The van der Waals surface area contributed by atoms with E-state index in [4.69, 9.17) is 15.2 Å². The minimum atomic E-state index is -0.554. The predicted octanol–water partition coefficient (Wildman–Crippen LogP) is 0.595. The molecule has 0 heterocycles. The average molecular weight is 346 g/mol. The largest absolute Gasteiger partial charge is 0.493 e. The zero-order valence-electron chi connectivity index (χ0n) is 13.5. The Labute approximate surface area is 142 Å². The van der Waals surface area contributed by atoms with Crippen LogP contribution in [0.3, 0.4) is 0 Å². The first-order valence-electron chi connectivity index (χ1n) is 7.07. The number of methoxy groups -OCH3 is 1. The zero-order valence-corrected chi connectivity index (χ0v) is 14.4. The first-order valence-corrected chi connectivity index (χ1v) is 7.07. The number of nitrogens with two attached hydrogens (primary N) is 1. The molecule has 0 aromatic heterocycles. The van der Waals surface area contributed by atoms with Crippen LogP contribution in [0.5, 0.6) is 11.5 Å². The van der Waals surface area contributed by atoms with Crippen LogP contribution in [0.2, 0.25) is 0 Å². The summed E-state index contributed by atoms with van der Waals surface area (Å²) in [6, 6.07) is 4.68. The second-order valence-electron chi connectivity index (χ2n) is 4.73. The zero-order chi connectivity index (χ0) is 16.5. The molecule has 1 aromatic carbocycles. The van der Waals surface area contributed by atoms with Crippen molar-refractivity contribution in [1.29, 1.82) is 0 Å². The van der Waals surface area contributed by atoms with E-state index in [2.05, 4.69) is 10.6 Å². The molecule has 0 saturated carbocycles. The molecule has 0 unspecified atom stereocenters. The van der Waals surface area contributed by atoms with Crippen LogP contribution in [-0.2, 0) is 16.1 Å². The molecule has 1 rings (SSSR count). The van der Waals surface area contributed by atoms with Gasteiger partial charge in [-0.3, -0.25) is 9.59 Å². The number of ether oxygens (including phenoxy) is 2. The fourth-order valence-electron chi connectivity index (χ4n) is 1.68. The van der Waals surface area contributed by atoms with Crippen molar-refractivity contribution in [2.75, 3.05) is 20.3 Å². The van der Waals surface area contributed by atoms with Gasteiger partial charge in [0.1, 0.15) is 0 Å². The van der Waals surface area contributed by atoms with Crippen molar-refractivity contribution in [2.45, 2.75) is 26.4 Å². The Morgan fingerprint density at radius 1 is 1.26 bits per heavy atom. The molecule has 1 atom stereocenters. The maximum atomic E-state index is 11.4. The predicted molar refractivity (Wildman–Crippen MR) is 89.9 cm³/mol. The minimum Gasteiger partial charge on any atom is -0.493 e. The summed E-state index contributed by atoms with van der Waals surface area (Å²) < 4.78 is 10.7. The number of likely N-dealkylation sites (N-methyl/N-ethyl adjacent to an activating group) is 1. The van der Waals surface area contributed by atoms with Crippen molar-refractivity contribution in [3.8, 4) is 11.5 Å². The Morgan fingerprint density at radius 2 is 1.96 bits per heavy atom. The molecule has 7 nitrogen and oxygen atoms in total. The summed E-state index contributed by atoms with van der Waals surface area (Å²) in [7, 11) is 1.51. The van der Waals surface area contributed by atoms with Crippen LogP contribution in [0.15, 0.2) is 18.2 Å². The molecular formula is C15H24ClN3O4. The van der Waals surface area contributed by atoms with Crippen molar-refractivity contribution in [1.82, 2.24) is 10.6 Å². The van der Waals surface area contributed by atoms with Gasteiger partial charge in [0.05, 0.1) is 13.2 Å². The van der Waals surface area contributed by atoms with Gasteiger partial charge in [0.2, 0.25) is 5.91 Å². The molecule has 0 spiro atoms. The van der Waals surface area contributed by atoms with Gasteiger partial charge in [0.15, 0.2) is 18.1 Å². The van der Waals surface area contributed by atoms with Gasteiger partial charge in [0.25, 0.3) is 5.91 Å². The molecule has 0 aliphatic heterocycles. The summed E-state index contributed by atoms with van der Waals surface area (Å²) in [5.41, 5.74) is 6.32. The summed E-state index contributed by atoms with van der Waals surface area (Å²) in [5.74, 6) is 0.543. The summed E-state index contributed by atoms with van der Waals surface area (Å²) in [4.78, 5) is 22.8. The molecule has 8 heteroatoms. The summed E-state index contributed by atoms with van der Waals surface area (Å²) >= 11 is 0. The van der Waals surface area contributed by atoms with E-state index < -0.39 is 6.04 Å². The molecule has 4 N–H and O–H groups in total. The molecule has 23 heavy (non-hydrogen) atoms. The standard InChI is InChI=1S/C15H23N3O4.ClH/c1-4-17-14(19)9-22-12-6-5-11(7-13(12)21-3)8-18-15(20)10(2)16;/h5-7,10H,4,8-9,16H2,1-3H3,(H,17,19)(H,18,20);1H/t10-;/m0./s1. The lowest BCUT2D eigenvalue weighted by Crippen LogP contribution is -2.37. The van der Waals surface area contributed by atoms with Gasteiger partial charge in [-0.2, -0.15) is 0 Å². The molecule has 0 bridgehead atoms. The SMILES string of the molecule is CCNC(=O)COc1ccc(CNC(=O)[C@H](C)N)cc1OC.Cl. The van der Waals surface area contributed by atoms with Crippen molar-refractivity contribution in [2.24, 2.45) is 5.73 Å². The fourth-order valence-corrected chi connectivity index (χ4v) is 1.68. The lowest BCUT2D eigenvalue weighted by atomic mass is 10.2. The van der Waals surface area contributed by atoms with Gasteiger partial charge in [-0.05, 0) is 31.5 Å². The average Bonchev–Trinajstić information content (AvgIpc) is 2.50. The quantitative estimate of drug-likeness (QED) is 0.640. The van der Waals surface area contributed by atoms with E-state index in [0.717, 1.165) is 5.56 Å². The molecule has 0 aliphatic rings. The number of rotatable bonds is 8. The van der Waals surface area contributed by atoms with Gasteiger partial charge in [-0.25, -0.2) is 0 Å². The van der Waals surface area contributed by atoms with Crippen LogP contribution >= 0.6 is 12.4 Å². The molecule has 130 valence electrons. The Morgan fingerprint density at radius 3 is 2.52 bits per heavy atom. The minimum absolute atomic E-state index is 0. The number of halogens is 1. The van der Waals surface area contributed by atoms with E-state index in [1.165, 1.54) is 7.11 Å². The third-order valence-corrected chi connectivity index (χ3v) is 2.84. The van der Waals surface area contributed by atoms with Gasteiger partial charge >= 0.3 is 0 Å². The number of nitrogens with one attached hydrogen (secondary N) is 2. The van der Waals surface area contributed by atoms with Crippen molar-refractivity contribution in [3.63, 3.8) is 0 Å². The molecule has 2 amide bonds. The fraction of sp³-hybridized carbons (Fsp3) is 0.467. The normalized spacial score (nSPS) is 11.0. The smallest absolute Gasteiger partial charge is 0.257 e. The van der Waals surface area contributed by atoms with Crippen LogP contribution in [0.25, 0.3) is 0 Å². The Hall–Kier alpha value is -1.99. The second-order valence-corrected chi connectivity index (χ2v) is 4.73. The highest BCUT2D eigenvalue weighted by molar-refractivity contribution is 5.85.